The van der Waals surface area contributed by atoms with Crippen molar-refractivity contribution in [3.63, 3.8) is 0 Å². The van der Waals surface area contributed by atoms with E-state index in [9.17, 15) is 4.39 Å². The molecule has 0 fully saturated rings. The second-order valence-electron chi connectivity index (χ2n) is 3.60. The molecule has 0 spiro atoms. The van der Waals surface area contributed by atoms with Crippen molar-refractivity contribution in [3.05, 3.63) is 35.6 Å². The van der Waals surface area contributed by atoms with Crippen molar-refractivity contribution in [1.29, 1.82) is 0 Å². The van der Waals surface area contributed by atoms with E-state index in [1.807, 2.05) is 6.07 Å². The molecule has 0 saturated carbocycles. The molecule has 1 aromatic rings. The predicted octanol–water partition coefficient (Wildman–Crippen LogP) is 1.65. The van der Waals surface area contributed by atoms with Gasteiger partial charge >= 0.3 is 0 Å². The van der Waals surface area contributed by atoms with Gasteiger partial charge < -0.3 is 10.6 Å². The van der Waals surface area contributed by atoms with E-state index < -0.39 is 0 Å². The highest BCUT2D eigenvalue weighted by Gasteiger charge is 2.01. The van der Waals surface area contributed by atoms with Crippen LogP contribution in [0.2, 0.25) is 0 Å². The highest BCUT2D eigenvalue weighted by Crippen LogP contribution is 2.05. The summed E-state index contributed by atoms with van der Waals surface area (Å²) in [6.07, 6.45) is 0.881. The molecular weight excluding hydrogens is 191 g/mol. The van der Waals surface area contributed by atoms with Gasteiger partial charge in [-0.25, -0.2) is 4.39 Å². The first-order valence-electron chi connectivity index (χ1n) is 5.43. The van der Waals surface area contributed by atoms with Crippen molar-refractivity contribution < 1.29 is 4.39 Å². The molecule has 84 valence electrons. The maximum atomic E-state index is 12.9. The zero-order chi connectivity index (χ0) is 11.1. The van der Waals surface area contributed by atoms with Crippen LogP contribution in [-0.2, 0) is 6.42 Å². The average molecular weight is 210 g/mol. The van der Waals surface area contributed by atoms with Crippen LogP contribution in [0.25, 0.3) is 0 Å². The third-order valence-electron chi connectivity index (χ3n) is 2.50. The van der Waals surface area contributed by atoms with E-state index in [2.05, 4.69) is 11.8 Å². The molecule has 1 aromatic carbocycles. The first-order valence-corrected chi connectivity index (χ1v) is 5.43. The molecule has 0 radical (unpaired) electrons. The van der Waals surface area contributed by atoms with Gasteiger partial charge in [-0.1, -0.05) is 19.1 Å². The van der Waals surface area contributed by atoms with Gasteiger partial charge in [0.2, 0.25) is 0 Å². The van der Waals surface area contributed by atoms with Crippen LogP contribution >= 0.6 is 0 Å². The van der Waals surface area contributed by atoms with Crippen molar-refractivity contribution >= 4 is 0 Å². The van der Waals surface area contributed by atoms with Gasteiger partial charge in [-0.2, -0.15) is 0 Å². The predicted molar refractivity (Wildman–Crippen MR) is 61.3 cm³/mol. The summed E-state index contributed by atoms with van der Waals surface area (Å²) in [5, 5.41) is 0. The maximum absolute atomic E-state index is 12.9. The van der Waals surface area contributed by atoms with E-state index in [-0.39, 0.29) is 5.82 Å². The lowest BCUT2D eigenvalue weighted by molar-refractivity contribution is 0.300. The van der Waals surface area contributed by atoms with E-state index in [1.54, 1.807) is 12.1 Å². The minimum Gasteiger partial charge on any atom is -0.329 e. The molecule has 2 N–H and O–H groups in total. The van der Waals surface area contributed by atoms with Gasteiger partial charge in [-0.3, -0.25) is 0 Å². The molecule has 0 bridgehead atoms. The lowest BCUT2D eigenvalue weighted by atomic mass is 10.1. The second-order valence-corrected chi connectivity index (χ2v) is 3.60. The smallest absolute Gasteiger partial charge is 0.123 e. The molecule has 15 heavy (non-hydrogen) atoms. The topological polar surface area (TPSA) is 29.3 Å². The van der Waals surface area contributed by atoms with Gasteiger partial charge in [0.1, 0.15) is 5.82 Å². The lowest BCUT2D eigenvalue weighted by Gasteiger charge is -2.19. The fraction of sp³-hybridized carbons (Fsp3) is 0.500. The number of rotatable bonds is 6. The van der Waals surface area contributed by atoms with E-state index in [4.69, 9.17) is 5.73 Å². The van der Waals surface area contributed by atoms with Crippen LogP contribution in [0.5, 0.6) is 0 Å². The first-order chi connectivity index (χ1) is 7.26. The zero-order valence-corrected chi connectivity index (χ0v) is 9.25. The maximum Gasteiger partial charge on any atom is 0.123 e. The fourth-order valence-corrected chi connectivity index (χ4v) is 1.59. The van der Waals surface area contributed by atoms with Gasteiger partial charge in [0.15, 0.2) is 0 Å². The number of nitrogens with two attached hydrogens (primary N) is 1. The number of hydrogen-bond acceptors (Lipinski definition) is 2. The monoisotopic (exact) mass is 210 g/mol. The van der Waals surface area contributed by atoms with Crippen molar-refractivity contribution in [3.8, 4) is 0 Å². The summed E-state index contributed by atoms with van der Waals surface area (Å²) in [5.74, 6) is -0.158. The molecule has 0 saturated heterocycles. The Hall–Kier alpha value is -0.930. The van der Waals surface area contributed by atoms with E-state index >= 15 is 0 Å². The molecule has 0 aliphatic rings. The average Bonchev–Trinajstić information content (AvgIpc) is 2.24. The van der Waals surface area contributed by atoms with Gasteiger partial charge in [-0.05, 0) is 30.7 Å². The molecule has 0 aromatic heterocycles. The summed E-state index contributed by atoms with van der Waals surface area (Å²) >= 11 is 0. The Bertz CT molecular complexity index is 289. The van der Waals surface area contributed by atoms with Gasteiger partial charge in [0, 0.05) is 19.6 Å². The number of hydrogen-bond donors (Lipinski definition) is 1. The summed E-state index contributed by atoms with van der Waals surface area (Å²) < 4.78 is 12.9. The third-order valence-corrected chi connectivity index (χ3v) is 2.50. The number of nitrogens with zero attached hydrogens (tertiary/aromatic N) is 1. The van der Waals surface area contributed by atoms with Crippen molar-refractivity contribution in [2.75, 3.05) is 26.2 Å². The Morgan fingerprint density at radius 2 is 2.13 bits per heavy atom. The van der Waals surface area contributed by atoms with Crippen LogP contribution in [0.4, 0.5) is 4.39 Å². The lowest BCUT2D eigenvalue weighted by Crippen LogP contribution is -2.31. The van der Waals surface area contributed by atoms with Gasteiger partial charge in [-0.15, -0.1) is 0 Å². The molecule has 2 nitrogen and oxygen atoms in total. The summed E-state index contributed by atoms with van der Waals surface area (Å²) in [5.41, 5.74) is 6.54. The minimum absolute atomic E-state index is 0.158. The molecule has 3 heteroatoms. The molecule has 0 heterocycles. The summed E-state index contributed by atoms with van der Waals surface area (Å²) in [7, 11) is 0. The largest absolute Gasteiger partial charge is 0.329 e. The van der Waals surface area contributed by atoms with Gasteiger partial charge in [0.25, 0.3) is 0 Å². The normalized spacial score (nSPS) is 10.9. The Morgan fingerprint density at radius 3 is 2.73 bits per heavy atom. The quantitative estimate of drug-likeness (QED) is 0.773. The minimum atomic E-state index is -0.158. The van der Waals surface area contributed by atoms with Crippen LogP contribution in [0.1, 0.15) is 12.5 Å². The second kappa shape index (κ2) is 6.53. The molecule has 0 aliphatic carbocycles. The highest BCUT2D eigenvalue weighted by atomic mass is 19.1. The van der Waals surface area contributed by atoms with Crippen molar-refractivity contribution in [2.24, 2.45) is 5.73 Å². The van der Waals surface area contributed by atoms with Crippen molar-refractivity contribution in [2.45, 2.75) is 13.3 Å². The molecule has 0 atom stereocenters. The number of likely N-dealkylation sites (N-methyl/N-ethyl adjacent to an activating group) is 1. The summed E-state index contributed by atoms with van der Waals surface area (Å²) in [4.78, 5) is 2.27. The Labute approximate surface area is 90.9 Å². The molecule has 0 amide bonds. The van der Waals surface area contributed by atoms with E-state index in [1.165, 1.54) is 6.07 Å². The molecule has 0 unspecified atom stereocenters. The number of halogens is 1. The molecular formula is C12H19FN2. The standard InChI is InChI=1S/C12H19FN2/c1-2-15(9-7-14)8-6-11-4-3-5-12(13)10-11/h3-5,10H,2,6-9,14H2,1H3. The SMILES string of the molecule is CCN(CCN)CCc1cccc(F)c1. The highest BCUT2D eigenvalue weighted by molar-refractivity contribution is 5.16. The fourth-order valence-electron chi connectivity index (χ4n) is 1.59. The van der Waals surface area contributed by atoms with Crippen LogP contribution in [0.3, 0.4) is 0 Å². The Morgan fingerprint density at radius 1 is 1.33 bits per heavy atom. The zero-order valence-electron chi connectivity index (χ0n) is 9.25. The summed E-state index contributed by atoms with van der Waals surface area (Å²) in [6.45, 7) is 5.63. The van der Waals surface area contributed by atoms with Crippen molar-refractivity contribution in [1.82, 2.24) is 4.90 Å². The molecule has 1 rings (SSSR count). The van der Waals surface area contributed by atoms with Crippen LogP contribution < -0.4 is 5.73 Å². The van der Waals surface area contributed by atoms with E-state index in [0.717, 1.165) is 31.6 Å². The van der Waals surface area contributed by atoms with Crippen LogP contribution in [0, 0.1) is 5.82 Å². The van der Waals surface area contributed by atoms with Gasteiger partial charge in [0.05, 0.1) is 0 Å². The Kier molecular flexibility index (Phi) is 5.29. The Balaban J connectivity index is 2.41. The summed E-state index contributed by atoms with van der Waals surface area (Å²) in [6, 6.07) is 6.78. The molecule has 0 aliphatic heterocycles. The number of benzene rings is 1. The van der Waals surface area contributed by atoms with Crippen LogP contribution in [0.15, 0.2) is 24.3 Å². The van der Waals surface area contributed by atoms with E-state index in [0.29, 0.717) is 6.54 Å². The van der Waals surface area contributed by atoms with Crippen LogP contribution in [-0.4, -0.2) is 31.1 Å². The first kappa shape index (κ1) is 12.1. The third kappa shape index (κ3) is 4.40.